The summed E-state index contributed by atoms with van der Waals surface area (Å²) in [6.07, 6.45) is -3.43. The number of thioether (sulfide) groups is 1. The number of hydrogen-bond acceptors (Lipinski definition) is 2. The van der Waals surface area contributed by atoms with Crippen molar-refractivity contribution in [2.75, 3.05) is 5.75 Å². The molecule has 18 heavy (non-hydrogen) atoms. The van der Waals surface area contributed by atoms with Crippen molar-refractivity contribution in [1.29, 1.82) is 5.26 Å². The van der Waals surface area contributed by atoms with Crippen LogP contribution >= 0.6 is 11.8 Å². The lowest BCUT2D eigenvalue weighted by Crippen LogP contribution is -2.05. The Morgan fingerprint density at radius 2 is 2.00 bits per heavy atom. The van der Waals surface area contributed by atoms with Crippen LogP contribution in [0.25, 0.3) is 0 Å². The molecule has 98 valence electrons. The zero-order chi connectivity index (χ0) is 13.8. The Labute approximate surface area is 109 Å². The van der Waals surface area contributed by atoms with Crippen molar-refractivity contribution >= 4 is 11.8 Å². The average Bonchev–Trinajstić information content (AvgIpc) is 2.27. The molecule has 0 saturated carbocycles. The van der Waals surface area contributed by atoms with Crippen LogP contribution in [0.15, 0.2) is 23.1 Å². The minimum atomic E-state index is -4.40. The summed E-state index contributed by atoms with van der Waals surface area (Å²) in [6, 6.07) is 5.15. The molecule has 0 unspecified atom stereocenters. The maximum Gasteiger partial charge on any atom is 0.416 e. The molecule has 0 atom stereocenters. The highest BCUT2D eigenvalue weighted by atomic mass is 32.2. The minimum Gasteiger partial charge on any atom is -0.192 e. The van der Waals surface area contributed by atoms with Crippen LogP contribution in [-0.4, -0.2) is 5.75 Å². The van der Waals surface area contributed by atoms with Crippen LogP contribution < -0.4 is 0 Å². The number of nitrogens with zero attached hydrogens (tertiary/aromatic N) is 1. The third kappa shape index (κ3) is 4.26. The third-order valence-electron chi connectivity index (χ3n) is 2.38. The van der Waals surface area contributed by atoms with Crippen molar-refractivity contribution in [2.45, 2.75) is 31.3 Å². The molecule has 0 radical (unpaired) electrons. The van der Waals surface area contributed by atoms with Crippen molar-refractivity contribution in [3.63, 3.8) is 0 Å². The van der Waals surface area contributed by atoms with E-state index >= 15 is 0 Å². The van der Waals surface area contributed by atoms with Gasteiger partial charge in [0, 0.05) is 4.90 Å². The Balaban J connectivity index is 2.85. The average molecular weight is 273 g/mol. The van der Waals surface area contributed by atoms with E-state index in [4.69, 9.17) is 5.26 Å². The molecule has 0 bridgehead atoms. The Morgan fingerprint density at radius 1 is 1.33 bits per heavy atom. The van der Waals surface area contributed by atoms with E-state index in [1.807, 2.05) is 6.07 Å². The van der Waals surface area contributed by atoms with Crippen molar-refractivity contribution in [1.82, 2.24) is 0 Å². The summed E-state index contributed by atoms with van der Waals surface area (Å²) in [5.74, 6) is 1.34. The second kappa shape index (κ2) is 6.14. The van der Waals surface area contributed by atoms with Crippen LogP contribution in [0.3, 0.4) is 0 Å². The Kier molecular flexibility index (Phi) is 5.09. The number of benzene rings is 1. The Morgan fingerprint density at radius 3 is 2.50 bits per heavy atom. The first-order chi connectivity index (χ1) is 8.34. The van der Waals surface area contributed by atoms with E-state index in [0.717, 1.165) is 24.3 Å². The molecule has 0 N–H and O–H groups in total. The fraction of sp³-hybridized carbons (Fsp3) is 0.462. The lowest BCUT2D eigenvalue weighted by atomic mass is 10.1. The van der Waals surface area contributed by atoms with Gasteiger partial charge in [-0.1, -0.05) is 13.8 Å². The summed E-state index contributed by atoms with van der Waals surface area (Å²) in [5.41, 5.74) is -0.675. The molecule has 1 aromatic carbocycles. The van der Waals surface area contributed by atoms with Gasteiger partial charge < -0.3 is 0 Å². The molecule has 1 rings (SSSR count). The van der Waals surface area contributed by atoms with Crippen LogP contribution in [-0.2, 0) is 6.18 Å². The predicted octanol–water partition coefficient (Wildman–Crippen LogP) is 4.72. The standard InChI is InChI=1S/C13H14F3NS/c1-9(2)5-6-18-12-4-3-11(13(14,15)16)7-10(12)8-17/h3-4,7,9H,5-6H2,1-2H3. The van der Waals surface area contributed by atoms with E-state index in [1.165, 1.54) is 17.8 Å². The molecule has 1 nitrogen and oxygen atoms in total. The summed E-state index contributed by atoms with van der Waals surface area (Å²) < 4.78 is 37.4. The zero-order valence-electron chi connectivity index (χ0n) is 10.2. The SMILES string of the molecule is CC(C)CCSc1ccc(C(F)(F)F)cc1C#N. The van der Waals surface area contributed by atoms with Crippen LogP contribution in [0.4, 0.5) is 13.2 Å². The lowest BCUT2D eigenvalue weighted by Gasteiger charge is -2.10. The van der Waals surface area contributed by atoms with E-state index in [2.05, 4.69) is 13.8 Å². The van der Waals surface area contributed by atoms with Gasteiger partial charge in [0.25, 0.3) is 0 Å². The summed E-state index contributed by atoms with van der Waals surface area (Å²) >= 11 is 1.43. The number of halogens is 3. The summed E-state index contributed by atoms with van der Waals surface area (Å²) in [5, 5.41) is 8.89. The molecule has 5 heteroatoms. The molecular weight excluding hydrogens is 259 g/mol. The summed E-state index contributed by atoms with van der Waals surface area (Å²) in [7, 11) is 0. The molecule has 0 saturated heterocycles. The largest absolute Gasteiger partial charge is 0.416 e. The van der Waals surface area contributed by atoms with Gasteiger partial charge in [0.15, 0.2) is 0 Å². The number of alkyl halides is 3. The minimum absolute atomic E-state index is 0.0959. The highest BCUT2D eigenvalue weighted by Crippen LogP contribution is 2.33. The van der Waals surface area contributed by atoms with Gasteiger partial charge in [0.2, 0.25) is 0 Å². The first kappa shape index (κ1) is 14.9. The monoisotopic (exact) mass is 273 g/mol. The molecule has 0 aromatic heterocycles. The van der Waals surface area contributed by atoms with E-state index in [9.17, 15) is 13.2 Å². The first-order valence-electron chi connectivity index (χ1n) is 5.58. The fourth-order valence-corrected chi connectivity index (χ4v) is 2.56. The predicted molar refractivity (Wildman–Crippen MR) is 66.3 cm³/mol. The lowest BCUT2D eigenvalue weighted by molar-refractivity contribution is -0.137. The van der Waals surface area contributed by atoms with Crippen LogP contribution in [0, 0.1) is 17.2 Å². The molecular formula is C13H14F3NS. The van der Waals surface area contributed by atoms with Crippen molar-refractivity contribution < 1.29 is 13.2 Å². The third-order valence-corrected chi connectivity index (χ3v) is 3.49. The Bertz CT molecular complexity index is 447. The quantitative estimate of drug-likeness (QED) is 0.741. The van der Waals surface area contributed by atoms with Crippen molar-refractivity contribution in [3.8, 4) is 6.07 Å². The van der Waals surface area contributed by atoms with Crippen molar-refractivity contribution in [2.24, 2.45) is 5.92 Å². The van der Waals surface area contributed by atoms with Crippen LogP contribution in [0.2, 0.25) is 0 Å². The van der Waals surface area contributed by atoms with Crippen LogP contribution in [0.5, 0.6) is 0 Å². The molecule has 0 spiro atoms. The van der Waals surface area contributed by atoms with E-state index in [-0.39, 0.29) is 5.56 Å². The maximum atomic E-state index is 12.5. The normalized spacial score (nSPS) is 11.6. The fourth-order valence-electron chi connectivity index (χ4n) is 1.32. The van der Waals surface area contributed by atoms with Gasteiger partial charge in [0.05, 0.1) is 11.1 Å². The van der Waals surface area contributed by atoms with E-state index in [0.29, 0.717) is 10.8 Å². The van der Waals surface area contributed by atoms with Gasteiger partial charge in [-0.05, 0) is 36.3 Å². The van der Waals surface area contributed by atoms with Crippen LogP contribution in [0.1, 0.15) is 31.4 Å². The number of nitriles is 1. The molecule has 0 fully saturated rings. The summed E-state index contributed by atoms with van der Waals surface area (Å²) in [4.78, 5) is 0.617. The maximum absolute atomic E-state index is 12.5. The van der Waals surface area contributed by atoms with E-state index in [1.54, 1.807) is 0 Å². The second-order valence-electron chi connectivity index (χ2n) is 4.35. The van der Waals surface area contributed by atoms with Crippen molar-refractivity contribution in [3.05, 3.63) is 29.3 Å². The van der Waals surface area contributed by atoms with Gasteiger partial charge in [-0.2, -0.15) is 18.4 Å². The first-order valence-corrected chi connectivity index (χ1v) is 6.57. The van der Waals surface area contributed by atoms with Gasteiger partial charge >= 0.3 is 6.18 Å². The van der Waals surface area contributed by atoms with Gasteiger partial charge in [-0.25, -0.2) is 0 Å². The van der Waals surface area contributed by atoms with Gasteiger partial charge in [-0.3, -0.25) is 0 Å². The number of rotatable bonds is 4. The molecule has 0 aliphatic heterocycles. The molecule has 0 amide bonds. The van der Waals surface area contributed by atoms with Gasteiger partial charge in [-0.15, -0.1) is 11.8 Å². The second-order valence-corrected chi connectivity index (χ2v) is 5.49. The Hall–Kier alpha value is -1.15. The molecule has 0 heterocycles. The number of hydrogen-bond donors (Lipinski definition) is 0. The van der Waals surface area contributed by atoms with E-state index < -0.39 is 11.7 Å². The topological polar surface area (TPSA) is 23.8 Å². The highest BCUT2D eigenvalue weighted by molar-refractivity contribution is 7.99. The smallest absolute Gasteiger partial charge is 0.192 e. The summed E-state index contributed by atoms with van der Waals surface area (Å²) in [6.45, 7) is 4.16. The molecule has 0 aliphatic rings. The molecule has 1 aromatic rings. The molecule has 0 aliphatic carbocycles. The zero-order valence-corrected chi connectivity index (χ0v) is 11.0. The van der Waals surface area contributed by atoms with Gasteiger partial charge in [0.1, 0.15) is 6.07 Å². The highest BCUT2D eigenvalue weighted by Gasteiger charge is 2.31.